The molecule has 4 aromatic rings. The van der Waals surface area contributed by atoms with Gasteiger partial charge in [0.05, 0.1) is 0 Å². The van der Waals surface area contributed by atoms with E-state index in [1.54, 1.807) is 0 Å². The van der Waals surface area contributed by atoms with Crippen LogP contribution in [0.2, 0.25) is 0 Å². The summed E-state index contributed by atoms with van der Waals surface area (Å²) in [5.74, 6) is 0.933. The Hall–Kier alpha value is -3.52. The van der Waals surface area contributed by atoms with Gasteiger partial charge in [-0.05, 0) is 96.2 Å². The molecule has 2 unspecified atom stereocenters. The van der Waals surface area contributed by atoms with E-state index in [4.69, 9.17) is 11.5 Å². The molecule has 4 rings (SSSR count). The van der Waals surface area contributed by atoms with Gasteiger partial charge in [0, 0.05) is 23.2 Å². The summed E-state index contributed by atoms with van der Waals surface area (Å²) in [6, 6.07) is 36.0. The van der Waals surface area contributed by atoms with Crippen LogP contribution in [-0.4, -0.2) is 0 Å². The molecule has 0 aromatic heterocycles. The van der Waals surface area contributed by atoms with Gasteiger partial charge in [-0.15, -0.1) is 0 Å². The number of hydrogen-bond acceptors (Lipinski definition) is 2. The predicted octanol–water partition coefficient (Wildman–Crippen LogP) is 13.6. The summed E-state index contributed by atoms with van der Waals surface area (Å²) in [5.41, 5.74) is 22.2. The molecule has 0 aliphatic heterocycles. The number of hydrogen-bond donors (Lipinski definition) is 2. The number of nitrogens with two attached hydrogens (primary N) is 2. The van der Waals surface area contributed by atoms with E-state index in [-0.39, 0.29) is 0 Å². The van der Waals surface area contributed by atoms with Crippen LogP contribution in [0.4, 0.5) is 11.4 Å². The molecule has 2 atom stereocenters. The zero-order valence-electron chi connectivity index (χ0n) is 31.0. The highest BCUT2D eigenvalue weighted by Crippen LogP contribution is 2.32. The van der Waals surface area contributed by atoms with Gasteiger partial charge in [0.15, 0.2) is 0 Å². The van der Waals surface area contributed by atoms with Gasteiger partial charge in [-0.1, -0.05) is 170 Å². The Bertz CT molecular complexity index is 1290. The highest BCUT2D eigenvalue weighted by Gasteiger charge is 2.15. The van der Waals surface area contributed by atoms with E-state index in [0.717, 1.165) is 11.4 Å². The van der Waals surface area contributed by atoms with Gasteiger partial charge in [-0.25, -0.2) is 0 Å². The minimum atomic E-state index is 0.466. The molecule has 0 saturated heterocycles. The molecule has 0 saturated carbocycles. The molecule has 0 aliphatic carbocycles. The van der Waals surface area contributed by atoms with E-state index in [2.05, 4.69) is 86.6 Å². The SMILES string of the molecule is CCCCC(c1ccc(N)cc1)c1ccc(CCCCCCCCCCCCCc2ccc(C(CCCC)c3ccc(N)cc3)cc2)cc1. The fourth-order valence-corrected chi connectivity index (χ4v) is 7.41. The third-order valence-corrected chi connectivity index (χ3v) is 10.6. The average Bonchev–Trinajstić information content (AvgIpc) is 3.13. The molecule has 4 aromatic carbocycles. The molecular formula is C47H66N2. The second-order valence-electron chi connectivity index (χ2n) is 14.6. The summed E-state index contributed by atoms with van der Waals surface area (Å²) in [6.07, 6.45) is 24.9. The van der Waals surface area contributed by atoms with Gasteiger partial charge in [0.25, 0.3) is 0 Å². The van der Waals surface area contributed by atoms with E-state index >= 15 is 0 Å². The predicted molar refractivity (Wildman–Crippen MR) is 216 cm³/mol. The van der Waals surface area contributed by atoms with Gasteiger partial charge in [-0.2, -0.15) is 0 Å². The number of benzene rings is 4. The first-order valence-corrected chi connectivity index (χ1v) is 20.0. The lowest BCUT2D eigenvalue weighted by molar-refractivity contribution is 0.545. The highest BCUT2D eigenvalue weighted by atomic mass is 14.5. The van der Waals surface area contributed by atoms with Gasteiger partial charge >= 0.3 is 0 Å². The van der Waals surface area contributed by atoms with Crippen LogP contribution < -0.4 is 11.5 Å². The summed E-state index contributed by atoms with van der Waals surface area (Å²) >= 11 is 0. The van der Waals surface area contributed by atoms with Crippen molar-refractivity contribution in [2.75, 3.05) is 11.5 Å². The Balaban J connectivity index is 1.02. The van der Waals surface area contributed by atoms with Crippen LogP contribution in [-0.2, 0) is 12.8 Å². The first-order valence-electron chi connectivity index (χ1n) is 20.0. The minimum absolute atomic E-state index is 0.466. The normalized spacial score (nSPS) is 12.6. The van der Waals surface area contributed by atoms with Crippen LogP contribution in [0.15, 0.2) is 97.1 Å². The van der Waals surface area contributed by atoms with Crippen molar-refractivity contribution in [3.05, 3.63) is 130 Å². The summed E-state index contributed by atoms with van der Waals surface area (Å²) in [4.78, 5) is 0. The van der Waals surface area contributed by atoms with Gasteiger partial charge in [0.2, 0.25) is 0 Å². The molecule has 0 fully saturated rings. The molecule has 0 radical (unpaired) electrons. The fraction of sp³-hybridized carbons (Fsp3) is 0.489. The van der Waals surface area contributed by atoms with Crippen molar-refractivity contribution in [3.63, 3.8) is 0 Å². The van der Waals surface area contributed by atoms with E-state index in [9.17, 15) is 0 Å². The molecule has 0 bridgehead atoms. The van der Waals surface area contributed by atoms with E-state index in [1.807, 2.05) is 24.3 Å². The van der Waals surface area contributed by atoms with Crippen molar-refractivity contribution < 1.29 is 0 Å². The number of rotatable bonds is 24. The van der Waals surface area contributed by atoms with Gasteiger partial charge < -0.3 is 11.5 Å². The van der Waals surface area contributed by atoms with E-state index in [1.165, 1.54) is 155 Å². The van der Waals surface area contributed by atoms with Crippen molar-refractivity contribution in [2.24, 2.45) is 0 Å². The van der Waals surface area contributed by atoms with Crippen molar-refractivity contribution in [3.8, 4) is 0 Å². The first kappa shape index (κ1) is 38.3. The van der Waals surface area contributed by atoms with Crippen LogP contribution in [0.1, 0.15) is 168 Å². The fourth-order valence-electron chi connectivity index (χ4n) is 7.41. The maximum Gasteiger partial charge on any atom is 0.0314 e. The molecule has 2 heteroatoms. The third-order valence-electron chi connectivity index (χ3n) is 10.6. The van der Waals surface area contributed by atoms with Gasteiger partial charge in [-0.3, -0.25) is 0 Å². The number of unbranched alkanes of at least 4 members (excludes halogenated alkanes) is 12. The topological polar surface area (TPSA) is 52.0 Å². The summed E-state index contributed by atoms with van der Waals surface area (Å²) in [6.45, 7) is 4.56. The summed E-state index contributed by atoms with van der Waals surface area (Å²) in [5, 5.41) is 0. The molecule has 264 valence electrons. The molecule has 0 amide bonds. The van der Waals surface area contributed by atoms with Crippen molar-refractivity contribution >= 4 is 11.4 Å². The lowest BCUT2D eigenvalue weighted by atomic mass is 9.86. The zero-order valence-corrected chi connectivity index (χ0v) is 31.0. The summed E-state index contributed by atoms with van der Waals surface area (Å²) < 4.78 is 0. The Kier molecular flexibility index (Phi) is 17.4. The number of aryl methyl sites for hydroxylation is 2. The summed E-state index contributed by atoms with van der Waals surface area (Å²) in [7, 11) is 0. The van der Waals surface area contributed by atoms with Gasteiger partial charge in [0.1, 0.15) is 0 Å². The van der Waals surface area contributed by atoms with Crippen molar-refractivity contribution in [1.82, 2.24) is 0 Å². The van der Waals surface area contributed by atoms with Crippen molar-refractivity contribution in [2.45, 2.75) is 148 Å². The molecular weight excluding hydrogens is 593 g/mol. The number of nitrogen functional groups attached to an aromatic ring is 2. The first-order chi connectivity index (χ1) is 24.1. The molecule has 0 spiro atoms. The van der Waals surface area contributed by atoms with Crippen LogP contribution in [0.25, 0.3) is 0 Å². The van der Waals surface area contributed by atoms with E-state index in [0.29, 0.717) is 11.8 Å². The lowest BCUT2D eigenvalue weighted by Crippen LogP contribution is -2.02. The molecule has 4 N–H and O–H groups in total. The van der Waals surface area contributed by atoms with Crippen molar-refractivity contribution in [1.29, 1.82) is 0 Å². The second-order valence-corrected chi connectivity index (χ2v) is 14.6. The smallest absolute Gasteiger partial charge is 0.0314 e. The van der Waals surface area contributed by atoms with E-state index < -0.39 is 0 Å². The van der Waals surface area contributed by atoms with Crippen LogP contribution in [0, 0.1) is 0 Å². The third kappa shape index (κ3) is 13.7. The standard InChI is InChI=1S/C47H66N2/c1-3-5-20-46(42-30-34-44(48)35-31-42)40-26-22-38(23-27-40)18-16-14-12-10-8-7-9-11-13-15-17-19-39-24-28-41(29-25-39)47(21-6-4-2)43-32-36-45(49)37-33-43/h22-37,46-47H,3-21,48-49H2,1-2H3. The van der Waals surface area contributed by atoms with Crippen LogP contribution in [0.3, 0.4) is 0 Å². The second kappa shape index (κ2) is 22.2. The quantitative estimate of drug-likeness (QED) is 0.0581. The Morgan fingerprint density at radius 3 is 0.898 bits per heavy atom. The minimum Gasteiger partial charge on any atom is -0.399 e. The Labute approximate surface area is 300 Å². The maximum absolute atomic E-state index is 5.95. The highest BCUT2D eigenvalue weighted by molar-refractivity contribution is 5.44. The monoisotopic (exact) mass is 659 g/mol. The number of anilines is 2. The zero-order chi connectivity index (χ0) is 34.5. The average molecular weight is 659 g/mol. The largest absolute Gasteiger partial charge is 0.399 e. The lowest BCUT2D eigenvalue weighted by Gasteiger charge is -2.18. The Morgan fingerprint density at radius 2 is 0.612 bits per heavy atom. The van der Waals surface area contributed by atoms with Crippen LogP contribution in [0.5, 0.6) is 0 Å². The van der Waals surface area contributed by atoms with Crippen LogP contribution >= 0.6 is 0 Å². The molecule has 2 nitrogen and oxygen atoms in total. The maximum atomic E-state index is 5.95. The molecule has 0 heterocycles. The molecule has 0 aliphatic rings. The molecule has 49 heavy (non-hydrogen) atoms. The Morgan fingerprint density at radius 1 is 0.347 bits per heavy atom.